The second-order valence-corrected chi connectivity index (χ2v) is 5.16. The molecule has 6 heteroatoms. The molecule has 1 aliphatic heterocycles. The van der Waals surface area contributed by atoms with E-state index in [0.29, 0.717) is 35.7 Å². The van der Waals surface area contributed by atoms with Gasteiger partial charge >= 0.3 is 0 Å². The Hall–Kier alpha value is -1.66. The molecule has 110 valence electrons. The van der Waals surface area contributed by atoms with Crippen LogP contribution in [0, 0.1) is 13.8 Å². The summed E-state index contributed by atoms with van der Waals surface area (Å²) < 4.78 is 5.22. The number of hydrogen-bond donors (Lipinski definition) is 2. The smallest absolute Gasteiger partial charge is 0.256 e. The van der Waals surface area contributed by atoms with E-state index in [1.165, 1.54) is 6.92 Å². The van der Waals surface area contributed by atoms with Crippen LogP contribution >= 0.6 is 0 Å². The molecule has 0 aromatic carbocycles. The highest BCUT2D eigenvalue weighted by molar-refractivity contribution is 6.02. The summed E-state index contributed by atoms with van der Waals surface area (Å²) in [5.74, 6) is -0.266. The molecule has 1 amide bonds. The van der Waals surface area contributed by atoms with Gasteiger partial charge in [0.1, 0.15) is 0 Å². The van der Waals surface area contributed by atoms with E-state index in [4.69, 9.17) is 4.74 Å². The van der Waals surface area contributed by atoms with Crippen molar-refractivity contribution in [3.63, 3.8) is 0 Å². The largest absolute Gasteiger partial charge is 0.389 e. The number of ether oxygens (including phenoxy) is 1. The molecule has 1 atom stereocenters. The van der Waals surface area contributed by atoms with Crippen LogP contribution in [0.1, 0.15) is 39.0 Å². The van der Waals surface area contributed by atoms with Gasteiger partial charge in [-0.2, -0.15) is 0 Å². The number of amides is 1. The number of rotatable bonds is 2. The standard InChI is InChI=1S/C14H20N2O4/c1-8-12(9(2)15-13(8)10(3)17)14(19)16-4-5-20-7-11(18)6-16/h11,15,18H,4-7H2,1-3H3. The van der Waals surface area contributed by atoms with Crippen molar-refractivity contribution in [2.45, 2.75) is 26.9 Å². The van der Waals surface area contributed by atoms with Gasteiger partial charge in [0.05, 0.1) is 30.6 Å². The lowest BCUT2D eigenvalue weighted by atomic mass is 10.1. The first-order valence-corrected chi connectivity index (χ1v) is 6.67. The van der Waals surface area contributed by atoms with E-state index in [1.807, 2.05) is 0 Å². The normalized spacial score (nSPS) is 19.8. The lowest BCUT2D eigenvalue weighted by molar-refractivity contribution is 0.0534. The molecule has 0 aliphatic carbocycles. The van der Waals surface area contributed by atoms with Crippen LogP contribution in [0.2, 0.25) is 0 Å². The SMILES string of the molecule is CC(=O)c1[nH]c(C)c(C(=O)N2CCOCC(O)C2)c1C. The summed E-state index contributed by atoms with van der Waals surface area (Å²) in [6.07, 6.45) is -0.673. The van der Waals surface area contributed by atoms with E-state index in [9.17, 15) is 14.7 Å². The molecule has 2 rings (SSSR count). The molecule has 2 N–H and O–H groups in total. The molecular formula is C14H20N2O4. The van der Waals surface area contributed by atoms with Crippen LogP contribution in [0.4, 0.5) is 0 Å². The Bertz CT molecular complexity index is 536. The minimum Gasteiger partial charge on any atom is -0.389 e. The number of Topliss-reactive ketones (excluding diaryl/α,β-unsaturated/α-hetero) is 1. The zero-order valence-corrected chi connectivity index (χ0v) is 12.0. The average Bonchev–Trinajstić information content (AvgIpc) is 2.56. The Morgan fingerprint density at radius 2 is 2.10 bits per heavy atom. The third-order valence-corrected chi connectivity index (χ3v) is 3.54. The number of β-amino-alcohol motifs (C(OH)–C–C–N with tert-alkyl or cyclic N) is 1. The van der Waals surface area contributed by atoms with Gasteiger partial charge in [-0.15, -0.1) is 0 Å². The van der Waals surface area contributed by atoms with E-state index < -0.39 is 6.10 Å². The Morgan fingerprint density at radius 3 is 2.70 bits per heavy atom. The lowest BCUT2D eigenvalue weighted by Crippen LogP contribution is -2.38. The van der Waals surface area contributed by atoms with Gasteiger partial charge < -0.3 is 19.7 Å². The molecule has 6 nitrogen and oxygen atoms in total. The Morgan fingerprint density at radius 1 is 1.40 bits per heavy atom. The fraction of sp³-hybridized carbons (Fsp3) is 0.571. The van der Waals surface area contributed by atoms with E-state index >= 15 is 0 Å². The van der Waals surface area contributed by atoms with Crippen molar-refractivity contribution >= 4 is 11.7 Å². The Kier molecular flexibility index (Phi) is 4.25. The van der Waals surface area contributed by atoms with Crippen molar-refractivity contribution in [1.82, 2.24) is 9.88 Å². The highest BCUT2D eigenvalue weighted by atomic mass is 16.5. The molecule has 20 heavy (non-hydrogen) atoms. The summed E-state index contributed by atoms with van der Waals surface area (Å²) in [6.45, 7) is 6.35. The molecule has 0 saturated carbocycles. The predicted octanol–water partition coefficient (Wildman–Crippen LogP) is 0.667. The summed E-state index contributed by atoms with van der Waals surface area (Å²) in [4.78, 5) is 28.7. The van der Waals surface area contributed by atoms with Gasteiger partial charge in [0, 0.05) is 25.7 Å². The summed E-state index contributed by atoms with van der Waals surface area (Å²) in [6, 6.07) is 0. The maximum Gasteiger partial charge on any atom is 0.256 e. The number of aliphatic hydroxyl groups excluding tert-OH is 1. The minimum atomic E-state index is -0.673. The first-order valence-electron chi connectivity index (χ1n) is 6.67. The highest BCUT2D eigenvalue weighted by Crippen LogP contribution is 2.21. The van der Waals surface area contributed by atoms with Crippen LogP contribution in [0.5, 0.6) is 0 Å². The first kappa shape index (κ1) is 14.7. The zero-order chi connectivity index (χ0) is 14.9. The van der Waals surface area contributed by atoms with Gasteiger partial charge in [-0.25, -0.2) is 0 Å². The van der Waals surface area contributed by atoms with Gasteiger partial charge in [-0.1, -0.05) is 0 Å². The molecule has 0 radical (unpaired) electrons. The number of aryl methyl sites for hydroxylation is 1. The number of nitrogens with one attached hydrogen (secondary N) is 1. The molecule has 1 saturated heterocycles. The summed E-state index contributed by atoms with van der Waals surface area (Å²) in [7, 11) is 0. The molecule has 0 spiro atoms. The number of aromatic nitrogens is 1. The number of carbonyl (C=O) groups excluding carboxylic acids is 2. The summed E-state index contributed by atoms with van der Waals surface area (Å²) >= 11 is 0. The molecule has 1 aromatic rings. The zero-order valence-electron chi connectivity index (χ0n) is 12.0. The van der Waals surface area contributed by atoms with Gasteiger partial charge in [0.25, 0.3) is 5.91 Å². The third kappa shape index (κ3) is 2.76. The number of H-pyrrole nitrogens is 1. The third-order valence-electron chi connectivity index (χ3n) is 3.54. The maximum atomic E-state index is 12.6. The topological polar surface area (TPSA) is 82.6 Å². The number of aromatic amines is 1. The van der Waals surface area contributed by atoms with Crippen molar-refractivity contribution in [2.24, 2.45) is 0 Å². The monoisotopic (exact) mass is 280 g/mol. The van der Waals surface area contributed by atoms with E-state index in [1.54, 1.807) is 18.7 Å². The van der Waals surface area contributed by atoms with E-state index in [0.717, 1.165) is 0 Å². The van der Waals surface area contributed by atoms with Crippen LogP contribution in [-0.4, -0.2) is 59.1 Å². The van der Waals surface area contributed by atoms with Crippen LogP contribution in [0.15, 0.2) is 0 Å². The molecule has 2 heterocycles. The number of nitrogens with zero attached hydrogens (tertiary/aromatic N) is 1. The molecular weight excluding hydrogens is 260 g/mol. The molecule has 1 fully saturated rings. The van der Waals surface area contributed by atoms with Gasteiger partial charge in [-0.3, -0.25) is 9.59 Å². The minimum absolute atomic E-state index is 0.0936. The Labute approximate surface area is 117 Å². The van der Waals surface area contributed by atoms with Gasteiger partial charge in [-0.05, 0) is 19.4 Å². The summed E-state index contributed by atoms with van der Waals surface area (Å²) in [5.41, 5.74) is 2.33. The number of ketones is 1. The van der Waals surface area contributed by atoms with Gasteiger partial charge in [0.2, 0.25) is 0 Å². The van der Waals surface area contributed by atoms with Crippen molar-refractivity contribution in [1.29, 1.82) is 0 Å². The molecule has 1 unspecified atom stereocenters. The fourth-order valence-electron chi connectivity index (χ4n) is 2.56. The Balaban J connectivity index is 2.31. The van der Waals surface area contributed by atoms with Crippen LogP contribution in [0.3, 0.4) is 0 Å². The van der Waals surface area contributed by atoms with Crippen molar-refractivity contribution in [2.75, 3.05) is 26.3 Å². The van der Waals surface area contributed by atoms with Crippen molar-refractivity contribution in [3.8, 4) is 0 Å². The fourth-order valence-corrected chi connectivity index (χ4v) is 2.56. The maximum absolute atomic E-state index is 12.6. The quantitative estimate of drug-likeness (QED) is 0.780. The molecule has 1 aromatic heterocycles. The van der Waals surface area contributed by atoms with Crippen LogP contribution in [0.25, 0.3) is 0 Å². The first-order chi connectivity index (χ1) is 9.41. The number of hydrogen-bond acceptors (Lipinski definition) is 4. The number of carbonyl (C=O) groups is 2. The van der Waals surface area contributed by atoms with E-state index in [2.05, 4.69) is 4.98 Å². The van der Waals surface area contributed by atoms with Crippen molar-refractivity contribution < 1.29 is 19.4 Å². The summed E-state index contributed by atoms with van der Waals surface area (Å²) in [5, 5.41) is 9.71. The second-order valence-electron chi connectivity index (χ2n) is 5.16. The molecule has 1 aliphatic rings. The predicted molar refractivity (Wildman–Crippen MR) is 73.0 cm³/mol. The number of aliphatic hydroxyl groups is 1. The van der Waals surface area contributed by atoms with Crippen LogP contribution in [-0.2, 0) is 4.74 Å². The van der Waals surface area contributed by atoms with Crippen LogP contribution < -0.4 is 0 Å². The van der Waals surface area contributed by atoms with Gasteiger partial charge in [0.15, 0.2) is 5.78 Å². The van der Waals surface area contributed by atoms with Crippen molar-refractivity contribution in [3.05, 3.63) is 22.5 Å². The molecule has 0 bridgehead atoms. The lowest BCUT2D eigenvalue weighted by Gasteiger charge is -2.21. The average molecular weight is 280 g/mol. The second kappa shape index (κ2) is 5.76. The highest BCUT2D eigenvalue weighted by Gasteiger charge is 2.27. The van der Waals surface area contributed by atoms with E-state index in [-0.39, 0.29) is 24.8 Å².